The minimum atomic E-state index is -0.993. The number of carboxylic acids is 1. The molecule has 0 aliphatic rings. The van der Waals surface area contributed by atoms with Crippen LogP contribution >= 0.6 is 11.6 Å². The first-order valence-electron chi connectivity index (χ1n) is 6.20. The highest BCUT2D eigenvalue weighted by Gasteiger charge is 2.21. The van der Waals surface area contributed by atoms with Crippen molar-refractivity contribution in [2.75, 3.05) is 0 Å². The molecule has 2 aromatic carbocycles. The first-order valence-corrected chi connectivity index (χ1v) is 6.58. The summed E-state index contributed by atoms with van der Waals surface area (Å²) in [5.41, 5.74) is 2.19. The first kappa shape index (κ1) is 14.5. The van der Waals surface area contributed by atoms with Crippen molar-refractivity contribution in [2.45, 2.75) is 19.3 Å². The van der Waals surface area contributed by atoms with Crippen LogP contribution in [-0.2, 0) is 11.2 Å². The minimum absolute atomic E-state index is 0.234. The highest BCUT2D eigenvalue weighted by molar-refractivity contribution is 6.31. The molecule has 0 bridgehead atoms. The summed E-state index contributed by atoms with van der Waals surface area (Å²) in [6.07, 6.45) is 0.234. The van der Waals surface area contributed by atoms with Crippen LogP contribution in [0.25, 0.3) is 0 Å². The standard InChI is InChI=1S/C16H14ClFO2/c1-10-5-6-12(15(17)7-10)9-14(16(19)20)11-3-2-4-13(18)8-11/h2-8,14H,9H2,1H3,(H,19,20). The highest BCUT2D eigenvalue weighted by Crippen LogP contribution is 2.26. The number of halogens is 2. The van der Waals surface area contributed by atoms with E-state index in [4.69, 9.17) is 11.6 Å². The zero-order chi connectivity index (χ0) is 14.7. The van der Waals surface area contributed by atoms with Gasteiger partial charge < -0.3 is 5.11 Å². The van der Waals surface area contributed by atoms with Crippen molar-refractivity contribution in [3.63, 3.8) is 0 Å². The maximum Gasteiger partial charge on any atom is 0.311 e. The van der Waals surface area contributed by atoms with Crippen LogP contribution in [0.15, 0.2) is 42.5 Å². The van der Waals surface area contributed by atoms with Crippen LogP contribution in [0.3, 0.4) is 0 Å². The summed E-state index contributed by atoms with van der Waals surface area (Å²) in [7, 11) is 0. The summed E-state index contributed by atoms with van der Waals surface area (Å²) < 4.78 is 13.2. The zero-order valence-corrected chi connectivity index (χ0v) is 11.7. The van der Waals surface area contributed by atoms with E-state index in [0.717, 1.165) is 11.1 Å². The topological polar surface area (TPSA) is 37.3 Å². The van der Waals surface area contributed by atoms with Gasteiger partial charge in [0.15, 0.2) is 0 Å². The number of benzene rings is 2. The fourth-order valence-electron chi connectivity index (χ4n) is 2.11. The Hall–Kier alpha value is -1.87. The maximum absolute atomic E-state index is 13.2. The van der Waals surface area contributed by atoms with E-state index < -0.39 is 17.7 Å². The number of carbonyl (C=O) groups is 1. The van der Waals surface area contributed by atoms with Crippen molar-refractivity contribution >= 4 is 17.6 Å². The second-order valence-corrected chi connectivity index (χ2v) is 5.15. The third-order valence-corrected chi connectivity index (χ3v) is 3.53. The second kappa shape index (κ2) is 6.06. The lowest BCUT2D eigenvalue weighted by Gasteiger charge is -2.14. The molecular formula is C16H14ClFO2. The molecule has 0 saturated heterocycles. The molecular weight excluding hydrogens is 279 g/mol. The number of carboxylic acid groups (broad SMARTS) is 1. The van der Waals surface area contributed by atoms with Gasteiger partial charge in [0.05, 0.1) is 5.92 Å². The summed E-state index contributed by atoms with van der Waals surface area (Å²) in [5.74, 6) is -2.25. The Kier molecular flexibility index (Phi) is 4.40. The molecule has 0 fully saturated rings. The molecule has 1 N–H and O–H groups in total. The lowest BCUT2D eigenvalue weighted by atomic mass is 9.91. The zero-order valence-electron chi connectivity index (χ0n) is 10.9. The molecule has 4 heteroatoms. The lowest BCUT2D eigenvalue weighted by molar-refractivity contribution is -0.138. The number of aryl methyl sites for hydroxylation is 1. The molecule has 0 amide bonds. The average molecular weight is 293 g/mol. The molecule has 1 unspecified atom stereocenters. The van der Waals surface area contributed by atoms with Gasteiger partial charge in [0, 0.05) is 5.02 Å². The third-order valence-electron chi connectivity index (χ3n) is 3.18. The minimum Gasteiger partial charge on any atom is -0.481 e. The van der Waals surface area contributed by atoms with Crippen LogP contribution < -0.4 is 0 Å². The van der Waals surface area contributed by atoms with Gasteiger partial charge in [-0.05, 0) is 48.2 Å². The van der Waals surface area contributed by atoms with E-state index in [0.29, 0.717) is 10.6 Å². The highest BCUT2D eigenvalue weighted by atomic mass is 35.5. The van der Waals surface area contributed by atoms with Crippen molar-refractivity contribution in [3.05, 3.63) is 70.0 Å². The van der Waals surface area contributed by atoms with Crippen LogP contribution in [0.1, 0.15) is 22.6 Å². The first-order chi connectivity index (χ1) is 9.47. The van der Waals surface area contributed by atoms with Gasteiger partial charge in [0.25, 0.3) is 0 Å². The molecule has 2 nitrogen and oxygen atoms in total. The van der Waals surface area contributed by atoms with Gasteiger partial charge in [-0.3, -0.25) is 4.79 Å². The van der Waals surface area contributed by atoms with E-state index in [9.17, 15) is 14.3 Å². The Bertz CT molecular complexity index is 640. The summed E-state index contributed by atoms with van der Waals surface area (Å²) in [6, 6.07) is 11.2. The van der Waals surface area contributed by atoms with Gasteiger partial charge in [0.1, 0.15) is 5.82 Å². The van der Waals surface area contributed by atoms with Crippen molar-refractivity contribution in [1.82, 2.24) is 0 Å². The SMILES string of the molecule is Cc1ccc(CC(C(=O)O)c2cccc(F)c2)c(Cl)c1. The lowest BCUT2D eigenvalue weighted by Crippen LogP contribution is -2.15. The van der Waals surface area contributed by atoms with Crippen molar-refractivity contribution in [2.24, 2.45) is 0 Å². The monoisotopic (exact) mass is 292 g/mol. The van der Waals surface area contributed by atoms with E-state index in [1.165, 1.54) is 18.2 Å². The van der Waals surface area contributed by atoms with E-state index in [1.54, 1.807) is 12.1 Å². The summed E-state index contributed by atoms with van der Waals surface area (Å²) >= 11 is 6.13. The molecule has 1 atom stereocenters. The maximum atomic E-state index is 13.2. The number of hydrogen-bond donors (Lipinski definition) is 1. The normalized spacial score (nSPS) is 12.2. The Morgan fingerprint density at radius 1 is 1.30 bits per heavy atom. The van der Waals surface area contributed by atoms with Gasteiger partial charge in [-0.2, -0.15) is 0 Å². The molecule has 0 radical (unpaired) electrons. The van der Waals surface area contributed by atoms with Crippen molar-refractivity contribution in [3.8, 4) is 0 Å². The Labute approximate surface area is 121 Å². The predicted octanol–water partition coefficient (Wildman–Crippen LogP) is 4.20. The van der Waals surface area contributed by atoms with Crippen LogP contribution in [-0.4, -0.2) is 11.1 Å². The van der Waals surface area contributed by atoms with E-state index in [1.807, 2.05) is 19.1 Å². The van der Waals surface area contributed by atoms with E-state index in [2.05, 4.69) is 0 Å². The Morgan fingerprint density at radius 3 is 2.65 bits per heavy atom. The van der Waals surface area contributed by atoms with Crippen LogP contribution in [0.4, 0.5) is 4.39 Å². The summed E-state index contributed by atoms with van der Waals surface area (Å²) in [5, 5.41) is 9.89. The molecule has 2 rings (SSSR count). The van der Waals surface area contributed by atoms with Gasteiger partial charge in [-0.1, -0.05) is 35.9 Å². The van der Waals surface area contributed by atoms with Crippen molar-refractivity contribution < 1.29 is 14.3 Å². The predicted molar refractivity (Wildman–Crippen MR) is 76.7 cm³/mol. The smallest absolute Gasteiger partial charge is 0.311 e. The fourth-order valence-corrected chi connectivity index (χ4v) is 2.42. The summed E-state index contributed by atoms with van der Waals surface area (Å²) in [4.78, 5) is 11.4. The van der Waals surface area contributed by atoms with Crippen LogP contribution in [0.5, 0.6) is 0 Å². The number of rotatable bonds is 4. The quantitative estimate of drug-likeness (QED) is 0.917. The van der Waals surface area contributed by atoms with Crippen LogP contribution in [0.2, 0.25) is 5.02 Å². The number of hydrogen-bond acceptors (Lipinski definition) is 1. The van der Waals surface area contributed by atoms with Gasteiger partial charge in [0.2, 0.25) is 0 Å². The molecule has 2 aromatic rings. The molecule has 0 aliphatic carbocycles. The van der Waals surface area contributed by atoms with Gasteiger partial charge in [-0.15, -0.1) is 0 Å². The molecule has 20 heavy (non-hydrogen) atoms. The van der Waals surface area contributed by atoms with Crippen molar-refractivity contribution in [1.29, 1.82) is 0 Å². The second-order valence-electron chi connectivity index (χ2n) is 4.74. The molecule has 0 aliphatic heterocycles. The molecule has 104 valence electrons. The average Bonchev–Trinajstić information content (AvgIpc) is 2.37. The molecule has 0 aromatic heterocycles. The summed E-state index contributed by atoms with van der Waals surface area (Å²) in [6.45, 7) is 1.91. The molecule has 0 saturated carbocycles. The van der Waals surface area contributed by atoms with E-state index >= 15 is 0 Å². The largest absolute Gasteiger partial charge is 0.481 e. The Balaban J connectivity index is 2.33. The van der Waals surface area contributed by atoms with Gasteiger partial charge in [-0.25, -0.2) is 4.39 Å². The Morgan fingerprint density at radius 2 is 2.05 bits per heavy atom. The van der Waals surface area contributed by atoms with E-state index in [-0.39, 0.29) is 6.42 Å². The fraction of sp³-hybridized carbons (Fsp3) is 0.188. The van der Waals surface area contributed by atoms with Crippen LogP contribution in [0, 0.1) is 12.7 Å². The number of aliphatic carboxylic acids is 1. The molecule has 0 spiro atoms. The molecule has 0 heterocycles. The third kappa shape index (κ3) is 3.36. The van der Waals surface area contributed by atoms with Gasteiger partial charge >= 0.3 is 5.97 Å².